The largest absolute Gasteiger partial charge is 0.325 e. The first kappa shape index (κ1) is 19.0. The Balaban J connectivity index is 1.41. The molecular weight excluding hydrogens is 360 g/mol. The highest BCUT2D eigenvalue weighted by atomic mass is 19.1. The Kier molecular flexibility index (Phi) is 5.17. The summed E-state index contributed by atoms with van der Waals surface area (Å²) >= 11 is 0. The second kappa shape index (κ2) is 7.60. The van der Waals surface area contributed by atoms with Crippen molar-refractivity contribution in [3.63, 3.8) is 0 Å². The number of nitrogens with one attached hydrogen (secondary N) is 1. The molecule has 2 saturated heterocycles. The summed E-state index contributed by atoms with van der Waals surface area (Å²) in [5.74, 6) is 0.158. The minimum atomic E-state index is -0.325. The average molecular weight is 385 g/mol. The summed E-state index contributed by atoms with van der Waals surface area (Å²) in [6, 6.07) is 11.7. The lowest BCUT2D eigenvalue weighted by atomic mass is 9.89. The molecule has 0 spiro atoms. The van der Waals surface area contributed by atoms with Crippen LogP contribution in [-0.4, -0.2) is 48.9 Å². The molecule has 0 aromatic heterocycles. The first-order valence-electron chi connectivity index (χ1n) is 9.65. The zero-order chi connectivity index (χ0) is 19.8. The van der Waals surface area contributed by atoms with Gasteiger partial charge in [-0.1, -0.05) is 18.2 Å². The molecule has 2 fully saturated rings. The Hall–Kier alpha value is -2.31. The van der Waals surface area contributed by atoms with E-state index in [-0.39, 0.29) is 30.1 Å². The predicted octanol–water partition coefficient (Wildman–Crippen LogP) is 3.45. The van der Waals surface area contributed by atoms with E-state index in [9.17, 15) is 13.6 Å². The Morgan fingerprint density at radius 2 is 1.93 bits per heavy atom. The van der Waals surface area contributed by atoms with Gasteiger partial charge in [-0.15, -0.1) is 0 Å². The maximum atomic E-state index is 13.7. The van der Waals surface area contributed by atoms with Crippen LogP contribution in [0.3, 0.4) is 0 Å². The third-order valence-electron chi connectivity index (χ3n) is 6.07. The summed E-state index contributed by atoms with van der Waals surface area (Å²) in [6.45, 7) is 4.52. The molecule has 0 saturated carbocycles. The molecule has 3 atom stereocenters. The lowest BCUT2D eigenvalue weighted by Crippen LogP contribution is -2.35. The molecule has 0 aliphatic carbocycles. The fraction of sp³-hybridized carbons (Fsp3) is 0.409. The first-order chi connectivity index (χ1) is 13.4. The molecule has 0 radical (unpaired) electrons. The molecule has 1 N–H and O–H groups in total. The van der Waals surface area contributed by atoms with Gasteiger partial charge in [0.1, 0.15) is 11.6 Å². The molecule has 2 aromatic rings. The molecule has 148 valence electrons. The number of fused-ring (bicyclic) bond motifs is 1. The van der Waals surface area contributed by atoms with E-state index in [4.69, 9.17) is 0 Å². The quantitative estimate of drug-likeness (QED) is 0.876. The van der Waals surface area contributed by atoms with E-state index < -0.39 is 0 Å². The van der Waals surface area contributed by atoms with Crippen LogP contribution in [0.25, 0.3) is 0 Å². The third-order valence-corrected chi connectivity index (χ3v) is 6.07. The third kappa shape index (κ3) is 3.66. The summed E-state index contributed by atoms with van der Waals surface area (Å²) in [7, 11) is 2.08. The maximum Gasteiger partial charge on any atom is 0.238 e. The maximum absolute atomic E-state index is 13.7. The van der Waals surface area contributed by atoms with Crippen molar-refractivity contribution < 1.29 is 13.6 Å². The number of likely N-dealkylation sites (tertiary alicyclic amines) is 2. The molecule has 4 rings (SSSR count). The van der Waals surface area contributed by atoms with Crippen LogP contribution in [0.1, 0.15) is 17.2 Å². The molecule has 4 nitrogen and oxygen atoms in total. The van der Waals surface area contributed by atoms with Gasteiger partial charge in [0.05, 0.1) is 6.54 Å². The number of nitrogens with zero attached hydrogens (tertiary/aromatic N) is 2. The van der Waals surface area contributed by atoms with Crippen molar-refractivity contribution in [3.05, 3.63) is 65.2 Å². The van der Waals surface area contributed by atoms with Gasteiger partial charge < -0.3 is 5.32 Å². The second-order valence-electron chi connectivity index (χ2n) is 8.02. The van der Waals surface area contributed by atoms with Gasteiger partial charge in [-0.3, -0.25) is 14.6 Å². The SMILES string of the molecule is Cc1c(F)cccc1NC(=O)CN1C[C@@H]2CN(C)[C@@H](c3cccc(F)c3)[C@@H]2C1. The van der Waals surface area contributed by atoms with Crippen LogP contribution in [0, 0.1) is 30.4 Å². The zero-order valence-electron chi connectivity index (χ0n) is 16.2. The van der Waals surface area contributed by atoms with Crippen molar-refractivity contribution in [2.45, 2.75) is 13.0 Å². The van der Waals surface area contributed by atoms with Gasteiger partial charge in [0.2, 0.25) is 5.91 Å². The van der Waals surface area contributed by atoms with Gasteiger partial charge in [-0.05, 0) is 55.6 Å². The molecule has 0 unspecified atom stereocenters. The molecule has 2 aromatic carbocycles. The number of halogens is 2. The van der Waals surface area contributed by atoms with Gasteiger partial charge in [-0.2, -0.15) is 0 Å². The standard InChI is InChI=1S/C22H25F2N3O/c1-14-19(24)7-4-8-20(14)25-21(28)13-27-11-16-10-26(2)22(18(16)12-27)15-5-3-6-17(23)9-15/h3-9,16,18,22H,10-13H2,1-2H3,(H,25,28)/t16-,18+,22-/m0/s1. The minimum absolute atomic E-state index is 0.135. The lowest BCUT2D eigenvalue weighted by molar-refractivity contribution is -0.117. The van der Waals surface area contributed by atoms with E-state index in [2.05, 4.69) is 22.2 Å². The van der Waals surface area contributed by atoms with Gasteiger partial charge in [0.15, 0.2) is 0 Å². The highest BCUT2D eigenvalue weighted by Crippen LogP contribution is 2.44. The van der Waals surface area contributed by atoms with Crippen molar-refractivity contribution in [3.8, 4) is 0 Å². The van der Waals surface area contributed by atoms with Crippen LogP contribution in [0.5, 0.6) is 0 Å². The number of carbonyl (C=O) groups is 1. The van der Waals surface area contributed by atoms with E-state index in [0.29, 0.717) is 23.1 Å². The number of anilines is 1. The number of amides is 1. The van der Waals surface area contributed by atoms with Crippen molar-refractivity contribution in [2.75, 3.05) is 38.5 Å². The van der Waals surface area contributed by atoms with Crippen molar-refractivity contribution in [1.29, 1.82) is 0 Å². The van der Waals surface area contributed by atoms with Crippen LogP contribution in [0.4, 0.5) is 14.5 Å². The average Bonchev–Trinajstić information content (AvgIpc) is 3.14. The predicted molar refractivity (Wildman–Crippen MR) is 105 cm³/mol. The van der Waals surface area contributed by atoms with Crippen LogP contribution < -0.4 is 5.32 Å². The Morgan fingerprint density at radius 3 is 2.71 bits per heavy atom. The Labute approximate surface area is 164 Å². The molecular formula is C22H25F2N3O. The summed E-state index contributed by atoms with van der Waals surface area (Å²) < 4.78 is 27.4. The van der Waals surface area contributed by atoms with E-state index in [1.165, 1.54) is 12.1 Å². The molecule has 1 amide bonds. The fourth-order valence-electron chi connectivity index (χ4n) is 4.81. The summed E-state index contributed by atoms with van der Waals surface area (Å²) in [6.07, 6.45) is 0. The summed E-state index contributed by atoms with van der Waals surface area (Å²) in [5, 5.41) is 2.82. The lowest BCUT2D eigenvalue weighted by Gasteiger charge is -2.26. The van der Waals surface area contributed by atoms with Gasteiger partial charge in [0, 0.05) is 36.9 Å². The van der Waals surface area contributed by atoms with Crippen molar-refractivity contribution in [2.24, 2.45) is 11.8 Å². The van der Waals surface area contributed by atoms with Crippen LogP contribution in [-0.2, 0) is 4.79 Å². The number of hydrogen-bond acceptors (Lipinski definition) is 3. The number of benzene rings is 2. The summed E-state index contributed by atoms with van der Waals surface area (Å²) in [4.78, 5) is 16.9. The van der Waals surface area contributed by atoms with Gasteiger partial charge in [-0.25, -0.2) is 8.78 Å². The topological polar surface area (TPSA) is 35.6 Å². The highest BCUT2D eigenvalue weighted by molar-refractivity contribution is 5.93. The molecule has 0 bridgehead atoms. The molecule has 2 aliphatic heterocycles. The summed E-state index contributed by atoms with van der Waals surface area (Å²) in [5.41, 5.74) is 1.96. The van der Waals surface area contributed by atoms with Crippen LogP contribution in [0.2, 0.25) is 0 Å². The van der Waals surface area contributed by atoms with Crippen molar-refractivity contribution in [1.82, 2.24) is 9.80 Å². The highest BCUT2D eigenvalue weighted by Gasteiger charge is 2.46. The van der Waals surface area contributed by atoms with Crippen LogP contribution in [0.15, 0.2) is 42.5 Å². The molecule has 6 heteroatoms. The number of rotatable bonds is 4. The van der Waals surface area contributed by atoms with E-state index >= 15 is 0 Å². The monoisotopic (exact) mass is 385 g/mol. The fourth-order valence-corrected chi connectivity index (χ4v) is 4.81. The smallest absolute Gasteiger partial charge is 0.238 e. The normalized spacial score (nSPS) is 25.1. The second-order valence-corrected chi connectivity index (χ2v) is 8.02. The van der Waals surface area contributed by atoms with Gasteiger partial charge >= 0.3 is 0 Å². The Bertz CT molecular complexity index is 888. The minimum Gasteiger partial charge on any atom is -0.325 e. The Morgan fingerprint density at radius 1 is 1.14 bits per heavy atom. The molecule has 2 aliphatic rings. The number of hydrogen-bond donors (Lipinski definition) is 1. The molecule has 28 heavy (non-hydrogen) atoms. The van der Waals surface area contributed by atoms with Gasteiger partial charge in [0.25, 0.3) is 0 Å². The van der Waals surface area contributed by atoms with Crippen LogP contribution >= 0.6 is 0 Å². The first-order valence-corrected chi connectivity index (χ1v) is 9.65. The van der Waals surface area contributed by atoms with E-state index in [0.717, 1.165) is 25.2 Å². The van der Waals surface area contributed by atoms with Crippen molar-refractivity contribution >= 4 is 11.6 Å². The number of carbonyl (C=O) groups excluding carboxylic acids is 1. The zero-order valence-corrected chi connectivity index (χ0v) is 16.2. The van der Waals surface area contributed by atoms with E-state index in [1.807, 2.05) is 6.07 Å². The van der Waals surface area contributed by atoms with E-state index in [1.54, 1.807) is 31.2 Å². The molecule has 2 heterocycles.